The first kappa shape index (κ1) is 19.4. The molecule has 0 heterocycles. The van der Waals surface area contributed by atoms with Crippen molar-refractivity contribution in [2.24, 2.45) is 5.73 Å². The topological polar surface area (TPSA) is 52.8 Å². The Morgan fingerprint density at radius 1 is 0.950 bits per heavy atom. The molecule has 0 aromatic rings. The summed E-state index contributed by atoms with van der Waals surface area (Å²) in [5.41, 5.74) is 5.90. The summed E-state index contributed by atoms with van der Waals surface area (Å²) in [7, 11) is 8.24. The Hall–Kier alpha value is -0.650. The minimum Gasteiger partial charge on any atom is -0.343 e. The van der Waals surface area contributed by atoms with Crippen molar-refractivity contribution in [2.75, 3.05) is 54.4 Å². The van der Waals surface area contributed by atoms with Crippen LogP contribution in [0.4, 0.5) is 0 Å². The quantitative estimate of drug-likeness (QED) is 0.612. The second kappa shape index (κ2) is 11.1. The average molecular weight is 286 g/mol. The normalized spacial score (nSPS) is 13.0. The maximum atomic E-state index is 12.3. The molecule has 5 heteroatoms. The molecule has 0 aliphatic rings. The molecule has 0 aliphatic carbocycles. The molecule has 0 spiro atoms. The molecule has 5 nitrogen and oxygen atoms in total. The zero-order valence-electron chi connectivity index (χ0n) is 14.1. The van der Waals surface area contributed by atoms with Crippen molar-refractivity contribution in [3.05, 3.63) is 0 Å². The molecule has 1 atom stereocenters. The zero-order valence-corrected chi connectivity index (χ0v) is 14.1. The summed E-state index contributed by atoms with van der Waals surface area (Å²) >= 11 is 0. The molecule has 0 aliphatic heterocycles. The van der Waals surface area contributed by atoms with Gasteiger partial charge in [-0.25, -0.2) is 0 Å². The highest BCUT2D eigenvalue weighted by atomic mass is 16.2. The molecule has 120 valence electrons. The highest BCUT2D eigenvalue weighted by Crippen LogP contribution is 2.03. The summed E-state index contributed by atoms with van der Waals surface area (Å²) in [6.45, 7) is 5.72. The van der Waals surface area contributed by atoms with Gasteiger partial charge in [0.15, 0.2) is 0 Å². The van der Waals surface area contributed by atoms with E-state index in [4.69, 9.17) is 5.73 Å². The van der Waals surface area contributed by atoms with Gasteiger partial charge in [-0.2, -0.15) is 0 Å². The molecular formula is C15H34N4O. The highest BCUT2D eigenvalue weighted by molar-refractivity contribution is 5.76. The first-order valence-electron chi connectivity index (χ1n) is 7.69. The van der Waals surface area contributed by atoms with E-state index in [-0.39, 0.29) is 11.9 Å². The van der Waals surface area contributed by atoms with Crippen molar-refractivity contribution in [3.8, 4) is 0 Å². The maximum absolute atomic E-state index is 12.3. The fourth-order valence-electron chi connectivity index (χ4n) is 2.01. The number of rotatable bonds is 11. The fraction of sp³-hybridized carbons (Fsp3) is 0.933. The standard InChI is InChI=1S/C15H34N4O/c1-6-14(16)13-15(20)19(11-7-9-17(2)3)12-8-10-18(4)5/h14H,6-13,16H2,1-5H3. The van der Waals surface area contributed by atoms with Crippen LogP contribution < -0.4 is 5.73 Å². The Morgan fingerprint density at radius 2 is 1.40 bits per heavy atom. The van der Waals surface area contributed by atoms with Gasteiger partial charge in [-0.15, -0.1) is 0 Å². The number of nitrogens with zero attached hydrogens (tertiary/aromatic N) is 3. The highest BCUT2D eigenvalue weighted by Gasteiger charge is 2.15. The van der Waals surface area contributed by atoms with Crippen LogP contribution in [0, 0.1) is 0 Å². The SMILES string of the molecule is CCC(N)CC(=O)N(CCCN(C)C)CCCN(C)C. The lowest BCUT2D eigenvalue weighted by atomic mass is 10.1. The second-order valence-electron chi connectivity index (χ2n) is 6.07. The number of amides is 1. The van der Waals surface area contributed by atoms with Crippen molar-refractivity contribution in [1.82, 2.24) is 14.7 Å². The van der Waals surface area contributed by atoms with Crippen molar-refractivity contribution in [3.63, 3.8) is 0 Å². The molecule has 0 aromatic heterocycles. The molecule has 1 amide bonds. The van der Waals surface area contributed by atoms with Crippen molar-refractivity contribution in [1.29, 1.82) is 0 Å². The van der Waals surface area contributed by atoms with Crippen LogP contribution in [-0.4, -0.2) is 81.0 Å². The summed E-state index contributed by atoms with van der Waals surface area (Å²) in [4.78, 5) is 18.6. The number of carbonyl (C=O) groups excluding carboxylic acids is 1. The molecule has 20 heavy (non-hydrogen) atoms. The largest absolute Gasteiger partial charge is 0.343 e. The first-order chi connectivity index (χ1) is 9.36. The van der Waals surface area contributed by atoms with E-state index in [9.17, 15) is 4.79 Å². The third-order valence-corrected chi connectivity index (χ3v) is 3.38. The van der Waals surface area contributed by atoms with E-state index in [0.717, 1.165) is 45.4 Å². The van der Waals surface area contributed by atoms with E-state index in [1.165, 1.54) is 0 Å². The van der Waals surface area contributed by atoms with E-state index in [0.29, 0.717) is 6.42 Å². The van der Waals surface area contributed by atoms with Crippen LogP contribution >= 0.6 is 0 Å². The van der Waals surface area contributed by atoms with E-state index in [2.05, 4.69) is 38.0 Å². The van der Waals surface area contributed by atoms with Crippen molar-refractivity contribution < 1.29 is 4.79 Å². The van der Waals surface area contributed by atoms with Gasteiger partial charge in [-0.05, 0) is 60.5 Å². The van der Waals surface area contributed by atoms with Gasteiger partial charge in [0.1, 0.15) is 0 Å². The molecule has 0 radical (unpaired) electrons. The van der Waals surface area contributed by atoms with Gasteiger partial charge in [0.05, 0.1) is 0 Å². The zero-order chi connectivity index (χ0) is 15.5. The number of hydrogen-bond donors (Lipinski definition) is 1. The van der Waals surface area contributed by atoms with E-state index in [1.54, 1.807) is 0 Å². The van der Waals surface area contributed by atoms with Crippen LogP contribution in [0.25, 0.3) is 0 Å². The lowest BCUT2D eigenvalue weighted by Crippen LogP contribution is -2.38. The summed E-state index contributed by atoms with van der Waals surface area (Å²) in [6, 6.07) is -0.00676. The van der Waals surface area contributed by atoms with Crippen LogP contribution in [0.15, 0.2) is 0 Å². The van der Waals surface area contributed by atoms with Gasteiger partial charge >= 0.3 is 0 Å². The van der Waals surface area contributed by atoms with Crippen LogP contribution in [-0.2, 0) is 4.79 Å². The smallest absolute Gasteiger partial charge is 0.224 e. The van der Waals surface area contributed by atoms with E-state index < -0.39 is 0 Å². The van der Waals surface area contributed by atoms with Gasteiger partial charge in [-0.1, -0.05) is 6.92 Å². The predicted octanol–water partition coefficient (Wildman–Crippen LogP) is 0.846. The number of carbonyl (C=O) groups is 1. The molecular weight excluding hydrogens is 252 g/mol. The lowest BCUT2D eigenvalue weighted by molar-refractivity contribution is -0.131. The van der Waals surface area contributed by atoms with Crippen LogP contribution in [0.2, 0.25) is 0 Å². The van der Waals surface area contributed by atoms with Crippen LogP contribution in [0.1, 0.15) is 32.6 Å². The monoisotopic (exact) mass is 286 g/mol. The predicted molar refractivity (Wildman–Crippen MR) is 85.8 cm³/mol. The van der Waals surface area contributed by atoms with Gasteiger partial charge in [0.25, 0.3) is 0 Å². The Balaban J connectivity index is 4.25. The van der Waals surface area contributed by atoms with Gasteiger partial charge in [0.2, 0.25) is 5.91 Å². The molecule has 0 rings (SSSR count). The number of nitrogens with two attached hydrogens (primary N) is 1. The second-order valence-corrected chi connectivity index (χ2v) is 6.07. The number of hydrogen-bond acceptors (Lipinski definition) is 4. The molecule has 0 fully saturated rings. The minimum absolute atomic E-state index is 0.00676. The Kier molecular flexibility index (Phi) is 10.7. The summed E-state index contributed by atoms with van der Waals surface area (Å²) in [5, 5.41) is 0. The van der Waals surface area contributed by atoms with Gasteiger partial charge in [-0.3, -0.25) is 4.79 Å². The Labute approximate surface area is 125 Å². The summed E-state index contributed by atoms with van der Waals surface area (Å²) in [5.74, 6) is 0.205. The van der Waals surface area contributed by atoms with Crippen molar-refractivity contribution in [2.45, 2.75) is 38.6 Å². The van der Waals surface area contributed by atoms with Crippen LogP contribution in [0.3, 0.4) is 0 Å². The average Bonchev–Trinajstić information content (AvgIpc) is 2.35. The molecule has 0 saturated heterocycles. The van der Waals surface area contributed by atoms with Crippen LogP contribution in [0.5, 0.6) is 0 Å². The van der Waals surface area contributed by atoms with Gasteiger partial charge < -0.3 is 20.4 Å². The van der Waals surface area contributed by atoms with E-state index >= 15 is 0 Å². The summed E-state index contributed by atoms with van der Waals surface area (Å²) < 4.78 is 0. The van der Waals surface area contributed by atoms with E-state index in [1.807, 2.05) is 11.8 Å². The molecule has 0 bridgehead atoms. The third kappa shape index (κ3) is 10.2. The Morgan fingerprint density at radius 3 is 1.75 bits per heavy atom. The summed E-state index contributed by atoms with van der Waals surface area (Å²) in [6.07, 6.45) is 3.36. The molecule has 2 N–H and O–H groups in total. The molecule has 0 aromatic carbocycles. The minimum atomic E-state index is -0.00676. The Bertz CT molecular complexity index is 242. The first-order valence-corrected chi connectivity index (χ1v) is 7.69. The molecule has 1 unspecified atom stereocenters. The fourth-order valence-corrected chi connectivity index (χ4v) is 2.01. The lowest BCUT2D eigenvalue weighted by Gasteiger charge is -2.25. The third-order valence-electron chi connectivity index (χ3n) is 3.38. The maximum Gasteiger partial charge on any atom is 0.224 e. The van der Waals surface area contributed by atoms with Crippen molar-refractivity contribution >= 4 is 5.91 Å². The molecule has 0 saturated carbocycles. The van der Waals surface area contributed by atoms with Gasteiger partial charge in [0, 0.05) is 25.6 Å².